The molecular formula is C11H16N2O3S. The summed E-state index contributed by atoms with van der Waals surface area (Å²) in [5.74, 6) is -0.727. The number of nitrogens with two attached hydrogens (primary N) is 1. The maximum atomic E-state index is 11.6. The Morgan fingerprint density at radius 1 is 1.53 bits per heavy atom. The molecule has 0 spiro atoms. The lowest BCUT2D eigenvalue weighted by Crippen LogP contribution is -2.34. The normalized spacial score (nSPS) is 11.9. The molecule has 0 fully saturated rings. The van der Waals surface area contributed by atoms with E-state index in [4.69, 9.17) is 10.5 Å². The largest absolute Gasteiger partial charge is 0.462 e. The van der Waals surface area contributed by atoms with E-state index in [9.17, 15) is 9.59 Å². The molecule has 1 heterocycles. The molecule has 17 heavy (non-hydrogen) atoms. The summed E-state index contributed by atoms with van der Waals surface area (Å²) in [4.78, 5) is 23.1. The summed E-state index contributed by atoms with van der Waals surface area (Å²) >= 11 is 1.27. The van der Waals surface area contributed by atoms with Crippen molar-refractivity contribution in [2.24, 2.45) is 5.73 Å². The van der Waals surface area contributed by atoms with Gasteiger partial charge in [-0.15, -0.1) is 11.3 Å². The zero-order chi connectivity index (χ0) is 12.8. The molecule has 1 atom stereocenters. The van der Waals surface area contributed by atoms with E-state index in [1.54, 1.807) is 18.4 Å². The van der Waals surface area contributed by atoms with Crippen LogP contribution < -0.4 is 11.1 Å². The van der Waals surface area contributed by atoms with E-state index in [0.29, 0.717) is 23.6 Å². The van der Waals surface area contributed by atoms with Gasteiger partial charge in [-0.1, -0.05) is 6.92 Å². The molecular weight excluding hydrogens is 240 g/mol. The molecule has 1 rings (SSSR count). The maximum Gasteiger partial charge on any atom is 0.341 e. The van der Waals surface area contributed by atoms with Crippen molar-refractivity contribution >= 4 is 28.2 Å². The van der Waals surface area contributed by atoms with Crippen LogP contribution in [0.1, 0.15) is 30.6 Å². The molecule has 1 aromatic heterocycles. The van der Waals surface area contributed by atoms with Crippen molar-refractivity contribution in [3.8, 4) is 0 Å². The third kappa shape index (κ3) is 3.54. The summed E-state index contributed by atoms with van der Waals surface area (Å²) < 4.78 is 4.88. The molecule has 0 radical (unpaired) electrons. The van der Waals surface area contributed by atoms with Crippen LogP contribution in [0.3, 0.4) is 0 Å². The van der Waals surface area contributed by atoms with Crippen LogP contribution in [0.4, 0.5) is 5.00 Å². The van der Waals surface area contributed by atoms with E-state index in [1.165, 1.54) is 11.3 Å². The molecule has 94 valence electrons. The average molecular weight is 256 g/mol. The highest BCUT2D eigenvalue weighted by Gasteiger charge is 2.18. The number of nitrogens with one attached hydrogen (secondary N) is 1. The van der Waals surface area contributed by atoms with Crippen LogP contribution in [0.2, 0.25) is 0 Å². The molecule has 5 nitrogen and oxygen atoms in total. The van der Waals surface area contributed by atoms with Gasteiger partial charge in [-0.05, 0) is 24.8 Å². The fraction of sp³-hybridized carbons (Fsp3) is 0.455. The van der Waals surface area contributed by atoms with Gasteiger partial charge >= 0.3 is 5.97 Å². The topological polar surface area (TPSA) is 81.4 Å². The van der Waals surface area contributed by atoms with Crippen molar-refractivity contribution in [2.45, 2.75) is 26.3 Å². The van der Waals surface area contributed by atoms with Crippen LogP contribution in [0.5, 0.6) is 0 Å². The molecule has 0 saturated carbocycles. The minimum Gasteiger partial charge on any atom is -0.462 e. The monoisotopic (exact) mass is 256 g/mol. The standard InChI is InChI=1S/C11H16N2O3S/c1-3-8(12)9(14)13-10-7(5-6-17-10)11(15)16-4-2/h5-6,8H,3-4,12H2,1-2H3,(H,13,14)/t8-/m1/s1. The predicted molar refractivity (Wildman–Crippen MR) is 67.2 cm³/mol. The van der Waals surface area contributed by atoms with Crippen LogP contribution in [-0.2, 0) is 9.53 Å². The fourth-order valence-corrected chi connectivity index (χ4v) is 1.94. The molecule has 1 aromatic rings. The Morgan fingerprint density at radius 3 is 2.82 bits per heavy atom. The predicted octanol–water partition coefficient (Wildman–Crippen LogP) is 1.60. The minimum absolute atomic E-state index is 0.291. The highest BCUT2D eigenvalue weighted by molar-refractivity contribution is 7.14. The Morgan fingerprint density at radius 2 is 2.24 bits per heavy atom. The van der Waals surface area contributed by atoms with E-state index in [0.717, 1.165) is 0 Å². The third-order valence-electron chi connectivity index (χ3n) is 2.17. The Hall–Kier alpha value is -1.40. The second kappa shape index (κ2) is 6.36. The number of amides is 1. The van der Waals surface area contributed by atoms with Crippen molar-refractivity contribution in [3.63, 3.8) is 0 Å². The quantitative estimate of drug-likeness (QED) is 0.784. The van der Waals surface area contributed by atoms with Gasteiger partial charge in [0.2, 0.25) is 5.91 Å². The van der Waals surface area contributed by atoms with Crippen LogP contribution in [-0.4, -0.2) is 24.5 Å². The highest BCUT2D eigenvalue weighted by Crippen LogP contribution is 2.24. The van der Waals surface area contributed by atoms with Gasteiger partial charge in [0, 0.05) is 0 Å². The highest BCUT2D eigenvalue weighted by atomic mass is 32.1. The van der Waals surface area contributed by atoms with E-state index >= 15 is 0 Å². The number of anilines is 1. The lowest BCUT2D eigenvalue weighted by atomic mass is 10.2. The van der Waals surface area contributed by atoms with Gasteiger partial charge in [-0.2, -0.15) is 0 Å². The zero-order valence-corrected chi connectivity index (χ0v) is 10.7. The molecule has 0 saturated heterocycles. The van der Waals surface area contributed by atoms with Gasteiger partial charge in [-0.3, -0.25) is 4.79 Å². The molecule has 0 aliphatic rings. The summed E-state index contributed by atoms with van der Waals surface area (Å²) in [7, 11) is 0. The summed E-state index contributed by atoms with van der Waals surface area (Å²) in [5.41, 5.74) is 5.96. The Bertz CT molecular complexity index is 403. The number of esters is 1. The van der Waals surface area contributed by atoms with Gasteiger partial charge in [0.25, 0.3) is 0 Å². The van der Waals surface area contributed by atoms with Gasteiger partial charge in [0.15, 0.2) is 0 Å². The zero-order valence-electron chi connectivity index (χ0n) is 9.86. The first-order valence-electron chi connectivity index (χ1n) is 5.41. The molecule has 0 unspecified atom stereocenters. The van der Waals surface area contributed by atoms with E-state index in [2.05, 4.69) is 5.32 Å². The molecule has 0 aliphatic heterocycles. The number of hydrogen-bond acceptors (Lipinski definition) is 5. The van der Waals surface area contributed by atoms with Gasteiger partial charge in [-0.25, -0.2) is 4.79 Å². The summed E-state index contributed by atoms with van der Waals surface area (Å²) in [6, 6.07) is 1.06. The average Bonchev–Trinajstić information content (AvgIpc) is 2.76. The first kappa shape index (κ1) is 13.7. The molecule has 6 heteroatoms. The minimum atomic E-state index is -0.563. The van der Waals surface area contributed by atoms with Gasteiger partial charge < -0.3 is 15.8 Å². The summed E-state index contributed by atoms with van der Waals surface area (Å²) in [5, 5.41) is 4.84. The third-order valence-corrected chi connectivity index (χ3v) is 3.00. The number of carbonyl (C=O) groups is 2. The maximum absolute atomic E-state index is 11.6. The SMILES string of the molecule is CCOC(=O)c1ccsc1NC(=O)[C@H](N)CC. The number of thiophene rings is 1. The lowest BCUT2D eigenvalue weighted by molar-refractivity contribution is -0.117. The van der Waals surface area contributed by atoms with Crippen molar-refractivity contribution in [2.75, 3.05) is 11.9 Å². The van der Waals surface area contributed by atoms with Crippen molar-refractivity contribution in [3.05, 3.63) is 17.0 Å². The molecule has 1 amide bonds. The van der Waals surface area contributed by atoms with Gasteiger partial charge in [0.1, 0.15) is 5.00 Å². The number of rotatable bonds is 5. The lowest BCUT2D eigenvalue weighted by Gasteiger charge is -2.09. The first-order valence-corrected chi connectivity index (χ1v) is 6.29. The van der Waals surface area contributed by atoms with E-state index < -0.39 is 12.0 Å². The summed E-state index contributed by atoms with van der Waals surface area (Å²) in [6.07, 6.45) is 0.548. The number of ether oxygens (including phenoxy) is 1. The Balaban J connectivity index is 2.75. The van der Waals surface area contributed by atoms with Crippen LogP contribution in [0, 0.1) is 0 Å². The Labute approximate surface area is 104 Å². The fourth-order valence-electron chi connectivity index (χ4n) is 1.17. The molecule has 3 N–H and O–H groups in total. The Kier molecular flexibility index (Phi) is 5.11. The smallest absolute Gasteiger partial charge is 0.341 e. The van der Waals surface area contributed by atoms with Gasteiger partial charge in [0.05, 0.1) is 18.2 Å². The van der Waals surface area contributed by atoms with Crippen molar-refractivity contribution < 1.29 is 14.3 Å². The second-order valence-corrected chi connectivity index (χ2v) is 4.30. The molecule has 0 aromatic carbocycles. The summed E-state index contributed by atoms with van der Waals surface area (Å²) in [6.45, 7) is 3.86. The van der Waals surface area contributed by atoms with Crippen molar-refractivity contribution in [1.82, 2.24) is 0 Å². The van der Waals surface area contributed by atoms with Crippen LogP contribution in [0.25, 0.3) is 0 Å². The van der Waals surface area contributed by atoms with Crippen LogP contribution >= 0.6 is 11.3 Å². The molecule has 0 aliphatic carbocycles. The van der Waals surface area contributed by atoms with E-state index in [-0.39, 0.29) is 5.91 Å². The van der Waals surface area contributed by atoms with E-state index in [1.807, 2.05) is 6.92 Å². The molecule has 0 bridgehead atoms. The van der Waals surface area contributed by atoms with Crippen LogP contribution in [0.15, 0.2) is 11.4 Å². The van der Waals surface area contributed by atoms with Crippen molar-refractivity contribution in [1.29, 1.82) is 0 Å². The number of carbonyl (C=O) groups excluding carboxylic acids is 2. The first-order chi connectivity index (χ1) is 8.10. The number of hydrogen-bond donors (Lipinski definition) is 2. The second-order valence-electron chi connectivity index (χ2n) is 3.39.